The molecule has 0 spiro atoms. The maximum Gasteiger partial charge on any atom is 0.178 e. The van der Waals surface area contributed by atoms with E-state index in [0.717, 1.165) is 33.9 Å². The van der Waals surface area contributed by atoms with E-state index in [1.165, 1.54) is 18.2 Å². The number of para-hydroxylation sites is 2. The smallest absolute Gasteiger partial charge is 0.178 e. The number of halogens is 2. The highest BCUT2D eigenvalue weighted by Crippen LogP contribution is 2.66. The topological polar surface area (TPSA) is 64.5 Å². The van der Waals surface area contributed by atoms with Gasteiger partial charge in [0.25, 0.3) is 0 Å². The Balaban J connectivity index is 1.43. The molecule has 4 unspecified atom stereocenters. The fourth-order valence-electron chi connectivity index (χ4n) is 8.56. The third kappa shape index (κ3) is 4.16. The Morgan fingerprint density at radius 2 is 1.08 bits per heavy atom. The summed E-state index contributed by atoms with van der Waals surface area (Å²) in [5.74, 6) is 1.88. The van der Waals surface area contributed by atoms with Crippen LogP contribution in [0.4, 0.5) is 54.8 Å². The van der Waals surface area contributed by atoms with E-state index in [-0.39, 0.29) is 11.6 Å². The average Bonchev–Trinajstić information content (AvgIpc) is 3.69. The number of hydrogen-bond donors (Lipinski definition) is 0. The molecule has 5 heterocycles. The molecule has 4 aromatic carbocycles. The normalized spacial score (nSPS) is 23.1. The third-order valence-corrected chi connectivity index (χ3v) is 11.1. The summed E-state index contributed by atoms with van der Waals surface area (Å²) >= 11 is 0. The largest absolute Gasteiger partial charge is 0.301 e. The minimum Gasteiger partial charge on any atom is -0.301 e. The summed E-state index contributed by atoms with van der Waals surface area (Å²) in [6.07, 6.45) is 7.59. The number of anilines is 8. The lowest BCUT2D eigenvalue weighted by atomic mass is 9.55. The molecule has 10 heteroatoms. The zero-order chi connectivity index (χ0) is 35.1. The highest BCUT2D eigenvalue weighted by Gasteiger charge is 2.69. The van der Waals surface area contributed by atoms with E-state index < -0.39 is 23.2 Å². The molecule has 0 radical (unpaired) electrons. The Bertz CT molecular complexity index is 2320. The van der Waals surface area contributed by atoms with Crippen LogP contribution in [-0.2, 0) is 5.41 Å². The van der Waals surface area contributed by atoms with Gasteiger partial charge in [-0.25, -0.2) is 28.7 Å². The number of aromatic nitrogens is 4. The SMILES string of the molecule is C=CC1(C)c2cc(F)ccc2N2c3nccnc3N(c3ccc(F)cc3)C2C1(C)C1N(c2ccccc2)c2nccnc2N1c1ccccc1C. The molecule has 2 aromatic heterocycles. The fourth-order valence-corrected chi connectivity index (χ4v) is 8.56. The second kappa shape index (κ2) is 11.2. The highest BCUT2D eigenvalue weighted by molar-refractivity contribution is 5.90. The molecule has 0 aliphatic carbocycles. The minimum absolute atomic E-state index is 0.346. The second-order valence-electron chi connectivity index (χ2n) is 13.6. The zero-order valence-corrected chi connectivity index (χ0v) is 28.3. The minimum atomic E-state index is -0.965. The van der Waals surface area contributed by atoms with Gasteiger partial charge in [0.2, 0.25) is 0 Å². The van der Waals surface area contributed by atoms with Gasteiger partial charge in [0.15, 0.2) is 23.3 Å². The Morgan fingerprint density at radius 3 is 1.65 bits per heavy atom. The molecule has 0 amide bonds. The van der Waals surface area contributed by atoms with Gasteiger partial charge in [-0.2, -0.15) is 0 Å². The summed E-state index contributed by atoms with van der Waals surface area (Å²) in [4.78, 5) is 28.6. The monoisotopic (exact) mass is 676 g/mol. The molecule has 0 saturated heterocycles. The molecule has 0 saturated carbocycles. The van der Waals surface area contributed by atoms with E-state index in [2.05, 4.69) is 71.2 Å². The molecule has 252 valence electrons. The van der Waals surface area contributed by atoms with Gasteiger partial charge in [-0.3, -0.25) is 0 Å². The third-order valence-electron chi connectivity index (χ3n) is 11.1. The molecular weight excluding hydrogens is 643 g/mol. The van der Waals surface area contributed by atoms with Crippen LogP contribution in [0.15, 0.2) is 135 Å². The Morgan fingerprint density at radius 1 is 0.588 bits per heavy atom. The first-order chi connectivity index (χ1) is 24.8. The van der Waals surface area contributed by atoms with Gasteiger partial charge in [0, 0.05) is 53.0 Å². The van der Waals surface area contributed by atoms with Gasteiger partial charge in [0.1, 0.15) is 24.0 Å². The van der Waals surface area contributed by atoms with Gasteiger partial charge in [0.05, 0.1) is 5.41 Å². The number of allylic oxidation sites excluding steroid dienone is 1. The number of nitrogens with zero attached hydrogens (tertiary/aromatic N) is 8. The molecule has 51 heavy (non-hydrogen) atoms. The van der Waals surface area contributed by atoms with Crippen molar-refractivity contribution in [2.45, 2.75) is 38.5 Å². The van der Waals surface area contributed by atoms with Gasteiger partial charge in [-0.15, -0.1) is 6.58 Å². The summed E-state index contributed by atoms with van der Waals surface area (Å²) in [6.45, 7) is 10.9. The van der Waals surface area contributed by atoms with Crippen LogP contribution >= 0.6 is 0 Å². The van der Waals surface area contributed by atoms with Gasteiger partial charge in [-0.05, 0) is 78.7 Å². The highest BCUT2D eigenvalue weighted by atomic mass is 19.1. The first-order valence-electron chi connectivity index (χ1n) is 16.9. The molecule has 6 aromatic rings. The van der Waals surface area contributed by atoms with Crippen molar-refractivity contribution in [2.24, 2.45) is 5.41 Å². The van der Waals surface area contributed by atoms with Crippen LogP contribution in [0.5, 0.6) is 0 Å². The number of fused-ring (bicyclic) bond motifs is 6. The van der Waals surface area contributed by atoms with Crippen molar-refractivity contribution in [1.82, 2.24) is 19.9 Å². The van der Waals surface area contributed by atoms with Crippen molar-refractivity contribution < 1.29 is 8.78 Å². The van der Waals surface area contributed by atoms with Crippen LogP contribution in [-0.4, -0.2) is 32.3 Å². The lowest BCUT2D eigenvalue weighted by Gasteiger charge is -2.62. The maximum absolute atomic E-state index is 15.6. The van der Waals surface area contributed by atoms with Crippen LogP contribution in [0.25, 0.3) is 0 Å². The fraction of sp³-hybridized carbons (Fsp3) is 0.171. The van der Waals surface area contributed by atoms with E-state index in [0.29, 0.717) is 23.3 Å². The second-order valence-corrected chi connectivity index (χ2v) is 13.6. The predicted molar refractivity (Wildman–Crippen MR) is 196 cm³/mol. The Kier molecular flexibility index (Phi) is 6.77. The lowest BCUT2D eigenvalue weighted by molar-refractivity contribution is 0.110. The Labute approximate surface area is 295 Å². The summed E-state index contributed by atoms with van der Waals surface area (Å²) in [5.41, 5.74) is 3.28. The first kappa shape index (κ1) is 30.9. The molecule has 0 N–H and O–H groups in total. The van der Waals surface area contributed by atoms with Crippen LogP contribution in [0.3, 0.4) is 0 Å². The number of benzene rings is 4. The predicted octanol–water partition coefficient (Wildman–Crippen LogP) is 9.25. The Hall–Kier alpha value is -6.16. The summed E-state index contributed by atoms with van der Waals surface area (Å²) in [7, 11) is 0. The van der Waals surface area contributed by atoms with E-state index >= 15 is 4.39 Å². The number of aryl methyl sites for hydroxylation is 1. The van der Waals surface area contributed by atoms with Crippen LogP contribution in [0.1, 0.15) is 25.0 Å². The van der Waals surface area contributed by atoms with Crippen LogP contribution in [0, 0.1) is 24.0 Å². The molecule has 9 rings (SSSR count). The zero-order valence-electron chi connectivity index (χ0n) is 28.3. The average molecular weight is 677 g/mol. The molecule has 0 fully saturated rings. The first-order valence-corrected chi connectivity index (χ1v) is 16.9. The van der Waals surface area contributed by atoms with Crippen molar-refractivity contribution in [3.8, 4) is 0 Å². The molecule has 3 aliphatic rings. The van der Waals surface area contributed by atoms with E-state index in [4.69, 9.17) is 19.9 Å². The van der Waals surface area contributed by atoms with Gasteiger partial charge in [-0.1, -0.05) is 56.3 Å². The summed E-state index contributed by atoms with van der Waals surface area (Å²) in [5, 5.41) is 0. The quantitative estimate of drug-likeness (QED) is 0.168. The van der Waals surface area contributed by atoms with Crippen LogP contribution in [0.2, 0.25) is 0 Å². The van der Waals surface area contributed by atoms with Gasteiger partial charge >= 0.3 is 0 Å². The molecule has 4 atom stereocenters. The molecule has 0 bridgehead atoms. The van der Waals surface area contributed by atoms with Crippen molar-refractivity contribution in [2.75, 3.05) is 19.6 Å². The summed E-state index contributed by atoms with van der Waals surface area (Å²) < 4.78 is 30.2. The molecular formula is C41H34F2N8. The van der Waals surface area contributed by atoms with Crippen LogP contribution < -0.4 is 19.6 Å². The van der Waals surface area contributed by atoms with Crippen molar-refractivity contribution >= 4 is 46.0 Å². The van der Waals surface area contributed by atoms with Crippen molar-refractivity contribution in [1.29, 1.82) is 0 Å². The van der Waals surface area contributed by atoms with Gasteiger partial charge < -0.3 is 19.6 Å². The van der Waals surface area contributed by atoms with E-state index in [9.17, 15) is 4.39 Å². The maximum atomic E-state index is 15.6. The lowest BCUT2D eigenvalue weighted by Crippen LogP contribution is -2.71. The van der Waals surface area contributed by atoms with E-state index in [1.807, 2.05) is 42.5 Å². The molecule has 8 nitrogen and oxygen atoms in total. The standard InChI is InChI=1S/C41H34F2N8/c1-5-40(3)31-25-28(43)17-20-33(31)51-37-35(45-22-24-47-37)49(30-18-15-27(42)16-19-30)39(51)41(40,4)38-48(29-12-7-6-8-13-29)34-36(46-23-21-44-34)50(38)32-14-10-9-11-26(32)2/h5-25,38-39H,1H2,2-4H3. The number of hydrogen-bond acceptors (Lipinski definition) is 8. The van der Waals surface area contributed by atoms with Crippen molar-refractivity contribution in [3.05, 3.63) is 157 Å². The van der Waals surface area contributed by atoms with E-state index in [1.54, 1.807) is 43.0 Å². The number of rotatable bonds is 5. The molecule has 3 aliphatic heterocycles. The van der Waals surface area contributed by atoms with Crippen molar-refractivity contribution in [3.63, 3.8) is 0 Å². The summed E-state index contributed by atoms with van der Waals surface area (Å²) in [6, 6.07) is 29.7.